The predicted molar refractivity (Wildman–Crippen MR) is 72.5 cm³/mol. The van der Waals surface area contributed by atoms with Gasteiger partial charge < -0.3 is 10.2 Å². The van der Waals surface area contributed by atoms with Crippen molar-refractivity contribution in [2.24, 2.45) is 0 Å². The highest BCUT2D eigenvalue weighted by Crippen LogP contribution is 2.19. The van der Waals surface area contributed by atoms with E-state index < -0.39 is 11.8 Å². The van der Waals surface area contributed by atoms with Crippen molar-refractivity contribution in [1.29, 1.82) is 0 Å². The fourth-order valence-corrected chi connectivity index (χ4v) is 1.83. The third kappa shape index (κ3) is 3.09. The third-order valence-electron chi connectivity index (χ3n) is 2.96. The van der Waals surface area contributed by atoms with Crippen molar-refractivity contribution in [3.05, 3.63) is 29.3 Å². The molecule has 0 heterocycles. The average molecular weight is 248 g/mol. The molecule has 4 heteroatoms. The molecule has 0 fully saturated rings. The number of carbonyl (C=O) groups is 2. The van der Waals surface area contributed by atoms with E-state index in [4.69, 9.17) is 0 Å². The Morgan fingerprint density at radius 3 is 2.06 bits per heavy atom. The van der Waals surface area contributed by atoms with Crippen LogP contribution in [0.25, 0.3) is 0 Å². The van der Waals surface area contributed by atoms with E-state index in [-0.39, 0.29) is 0 Å². The molecule has 0 unspecified atom stereocenters. The maximum Gasteiger partial charge on any atom is 0.313 e. The standard InChI is InChI=1S/C14H20N2O2/c1-5-16(6-2)14(18)13(17)15-12-10(3)8-7-9-11(12)4/h7-9H,5-6H2,1-4H3,(H,15,17). The third-order valence-corrected chi connectivity index (χ3v) is 2.96. The molecule has 0 bridgehead atoms. The summed E-state index contributed by atoms with van der Waals surface area (Å²) >= 11 is 0. The van der Waals surface area contributed by atoms with Crippen LogP contribution in [0.3, 0.4) is 0 Å². The molecule has 0 aliphatic carbocycles. The summed E-state index contributed by atoms with van der Waals surface area (Å²) in [5, 5.41) is 2.70. The van der Waals surface area contributed by atoms with Gasteiger partial charge in [0.1, 0.15) is 0 Å². The Balaban J connectivity index is 2.85. The summed E-state index contributed by atoms with van der Waals surface area (Å²) in [5.41, 5.74) is 2.63. The van der Waals surface area contributed by atoms with Gasteiger partial charge in [-0.25, -0.2) is 0 Å². The molecule has 1 N–H and O–H groups in total. The van der Waals surface area contributed by atoms with E-state index in [1.807, 2.05) is 45.9 Å². The Kier molecular flexibility index (Phi) is 4.89. The first-order valence-corrected chi connectivity index (χ1v) is 6.17. The quantitative estimate of drug-likeness (QED) is 0.833. The van der Waals surface area contributed by atoms with Crippen LogP contribution in [0.1, 0.15) is 25.0 Å². The lowest BCUT2D eigenvalue weighted by Gasteiger charge is -2.18. The highest BCUT2D eigenvalue weighted by Gasteiger charge is 2.20. The molecule has 0 atom stereocenters. The van der Waals surface area contributed by atoms with Crippen molar-refractivity contribution in [3.63, 3.8) is 0 Å². The van der Waals surface area contributed by atoms with Gasteiger partial charge in [0.25, 0.3) is 0 Å². The number of aryl methyl sites for hydroxylation is 2. The second-order valence-corrected chi connectivity index (χ2v) is 4.20. The topological polar surface area (TPSA) is 49.4 Å². The fraction of sp³-hybridized carbons (Fsp3) is 0.429. The molecular weight excluding hydrogens is 228 g/mol. The molecule has 0 aliphatic rings. The van der Waals surface area contributed by atoms with E-state index in [1.54, 1.807) is 0 Å². The second kappa shape index (κ2) is 6.19. The molecular formula is C14H20N2O2. The van der Waals surface area contributed by atoms with Crippen LogP contribution < -0.4 is 5.32 Å². The van der Waals surface area contributed by atoms with Crippen molar-refractivity contribution >= 4 is 17.5 Å². The monoisotopic (exact) mass is 248 g/mol. The normalized spacial score (nSPS) is 10.0. The van der Waals surface area contributed by atoms with Crippen LogP contribution in [-0.4, -0.2) is 29.8 Å². The first-order chi connectivity index (χ1) is 8.51. The minimum absolute atomic E-state index is 0.484. The van der Waals surface area contributed by atoms with Crippen molar-refractivity contribution in [3.8, 4) is 0 Å². The summed E-state index contributed by atoms with van der Waals surface area (Å²) in [7, 11) is 0. The molecule has 18 heavy (non-hydrogen) atoms. The van der Waals surface area contributed by atoms with Crippen LogP contribution >= 0.6 is 0 Å². The van der Waals surface area contributed by atoms with Gasteiger partial charge >= 0.3 is 11.8 Å². The van der Waals surface area contributed by atoms with E-state index in [2.05, 4.69) is 5.32 Å². The molecule has 0 aliphatic heterocycles. The number of hydrogen-bond acceptors (Lipinski definition) is 2. The highest BCUT2D eigenvalue weighted by molar-refractivity contribution is 6.39. The molecule has 4 nitrogen and oxygen atoms in total. The van der Waals surface area contributed by atoms with Crippen molar-refractivity contribution in [1.82, 2.24) is 4.90 Å². The van der Waals surface area contributed by atoms with E-state index in [9.17, 15) is 9.59 Å². The predicted octanol–water partition coefficient (Wildman–Crippen LogP) is 2.11. The first kappa shape index (κ1) is 14.2. The van der Waals surface area contributed by atoms with Gasteiger partial charge in [-0.1, -0.05) is 18.2 Å². The highest BCUT2D eigenvalue weighted by atomic mass is 16.2. The van der Waals surface area contributed by atoms with Crippen molar-refractivity contribution in [2.45, 2.75) is 27.7 Å². The number of nitrogens with one attached hydrogen (secondary N) is 1. The van der Waals surface area contributed by atoms with Gasteiger partial charge in [-0.15, -0.1) is 0 Å². The SMILES string of the molecule is CCN(CC)C(=O)C(=O)Nc1c(C)cccc1C. The van der Waals surface area contributed by atoms with Gasteiger partial charge in [0.2, 0.25) is 0 Å². The molecule has 0 saturated heterocycles. The van der Waals surface area contributed by atoms with Crippen LogP contribution in [0.15, 0.2) is 18.2 Å². The molecule has 1 aromatic carbocycles. The number of rotatable bonds is 3. The smallest absolute Gasteiger partial charge is 0.313 e. The zero-order chi connectivity index (χ0) is 13.7. The lowest BCUT2D eigenvalue weighted by atomic mass is 10.1. The zero-order valence-electron chi connectivity index (χ0n) is 11.4. The lowest BCUT2D eigenvalue weighted by molar-refractivity contribution is -0.142. The lowest BCUT2D eigenvalue weighted by Crippen LogP contribution is -2.39. The number of para-hydroxylation sites is 1. The van der Waals surface area contributed by atoms with Gasteiger partial charge in [0.05, 0.1) is 0 Å². The number of anilines is 1. The average Bonchev–Trinajstić information content (AvgIpc) is 2.35. The molecule has 0 spiro atoms. The minimum atomic E-state index is -0.573. The Hall–Kier alpha value is -1.84. The summed E-state index contributed by atoms with van der Waals surface area (Å²) in [6, 6.07) is 5.74. The summed E-state index contributed by atoms with van der Waals surface area (Å²) < 4.78 is 0. The summed E-state index contributed by atoms with van der Waals surface area (Å²) in [6.07, 6.45) is 0. The summed E-state index contributed by atoms with van der Waals surface area (Å²) in [6.45, 7) is 8.60. The van der Waals surface area contributed by atoms with Gasteiger partial charge in [-0.2, -0.15) is 0 Å². The largest absolute Gasteiger partial charge is 0.335 e. The molecule has 98 valence electrons. The van der Waals surface area contributed by atoms with Crippen LogP contribution in [0.5, 0.6) is 0 Å². The Bertz CT molecular complexity index is 431. The minimum Gasteiger partial charge on any atom is -0.335 e. The molecule has 0 radical (unpaired) electrons. The molecule has 1 aromatic rings. The number of likely N-dealkylation sites (N-methyl/N-ethyl adjacent to an activating group) is 1. The van der Waals surface area contributed by atoms with Gasteiger partial charge in [-0.05, 0) is 38.8 Å². The Morgan fingerprint density at radius 2 is 1.61 bits per heavy atom. The number of amides is 2. The zero-order valence-corrected chi connectivity index (χ0v) is 11.4. The van der Waals surface area contributed by atoms with Crippen LogP contribution in [0, 0.1) is 13.8 Å². The van der Waals surface area contributed by atoms with E-state index in [1.165, 1.54) is 4.90 Å². The number of nitrogens with zero attached hydrogens (tertiary/aromatic N) is 1. The molecule has 1 rings (SSSR count). The van der Waals surface area contributed by atoms with Crippen LogP contribution in [0.4, 0.5) is 5.69 Å². The Labute approximate surface area is 108 Å². The molecule has 2 amide bonds. The number of hydrogen-bond donors (Lipinski definition) is 1. The fourth-order valence-electron chi connectivity index (χ4n) is 1.83. The van der Waals surface area contributed by atoms with E-state index in [0.29, 0.717) is 13.1 Å². The maximum atomic E-state index is 11.9. The molecule has 0 aromatic heterocycles. The summed E-state index contributed by atoms with van der Waals surface area (Å²) in [4.78, 5) is 25.2. The second-order valence-electron chi connectivity index (χ2n) is 4.20. The van der Waals surface area contributed by atoms with E-state index >= 15 is 0 Å². The first-order valence-electron chi connectivity index (χ1n) is 6.17. The van der Waals surface area contributed by atoms with Crippen molar-refractivity contribution < 1.29 is 9.59 Å². The van der Waals surface area contributed by atoms with Gasteiger partial charge in [-0.3, -0.25) is 9.59 Å². The van der Waals surface area contributed by atoms with Crippen LogP contribution in [0.2, 0.25) is 0 Å². The number of benzene rings is 1. The van der Waals surface area contributed by atoms with Crippen molar-refractivity contribution in [2.75, 3.05) is 18.4 Å². The summed E-state index contributed by atoms with van der Waals surface area (Å²) in [5.74, 6) is -1.06. The van der Waals surface area contributed by atoms with Gasteiger partial charge in [0.15, 0.2) is 0 Å². The molecule has 0 saturated carbocycles. The van der Waals surface area contributed by atoms with Gasteiger partial charge in [0, 0.05) is 18.8 Å². The number of carbonyl (C=O) groups excluding carboxylic acids is 2. The van der Waals surface area contributed by atoms with Crippen LogP contribution in [-0.2, 0) is 9.59 Å². The Morgan fingerprint density at radius 1 is 1.11 bits per heavy atom. The maximum absolute atomic E-state index is 11.9. The van der Waals surface area contributed by atoms with E-state index in [0.717, 1.165) is 16.8 Å².